The van der Waals surface area contributed by atoms with Crippen molar-refractivity contribution in [2.45, 2.75) is 78.9 Å². The molecule has 1 saturated carbocycles. The molecule has 0 saturated heterocycles. The summed E-state index contributed by atoms with van der Waals surface area (Å²) in [5, 5.41) is 14.4. The van der Waals surface area contributed by atoms with E-state index in [0.717, 1.165) is 0 Å². The van der Waals surface area contributed by atoms with E-state index in [1.165, 1.54) is 0 Å². The first-order chi connectivity index (χ1) is 9.17. The lowest BCUT2D eigenvalue weighted by Gasteiger charge is -2.52. The Balaban J connectivity index is 2.93. The minimum absolute atomic E-state index is 0.198. The number of amides is 1. The van der Waals surface area contributed by atoms with Crippen molar-refractivity contribution in [1.29, 1.82) is 0 Å². The van der Waals surface area contributed by atoms with Crippen LogP contribution in [0.4, 0.5) is 4.79 Å². The van der Waals surface area contributed by atoms with Crippen LogP contribution in [-0.2, 0) is 9.53 Å². The number of nitrogens with one attached hydrogen (secondary N) is 1. The van der Waals surface area contributed by atoms with Gasteiger partial charge >= 0.3 is 6.09 Å². The molecular formula is C16H28NO4-. The third kappa shape index (κ3) is 4.90. The van der Waals surface area contributed by atoms with E-state index in [9.17, 15) is 14.7 Å². The van der Waals surface area contributed by atoms with Crippen molar-refractivity contribution in [3.05, 3.63) is 0 Å². The van der Waals surface area contributed by atoms with Gasteiger partial charge in [0.25, 0.3) is 0 Å². The maximum absolute atomic E-state index is 12.0. The number of aliphatic carboxylic acids is 1. The first-order valence-electron chi connectivity index (χ1n) is 7.39. The number of hydrogen-bond acceptors (Lipinski definition) is 4. The molecule has 1 fully saturated rings. The maximum atomic E-state index is 12.0. The number of alkyl carbamates (subject to hydrolysis) is 1. The predicted octanol–water partition coefficient (Wildman–Crippen LogP) is 2.24. The van der Waals surface area contributed by atoms with Gasteiger partial charge in [0.15, 0.2) is 0 Å². The van der Waals surface area contributed by atoms with Crippen LogP contribution in [-0.4, -0.2) is 23.2 Å². The molecule has 0 unspecified atom stereocenters. The zero-order chi connectivity index (χ0) is 16.7. The summed E-state index contributed by atoms with van der Waals surface area (Å²) in [6, 6.07) is 0. The molecular weight excluding hydrogens is 270 g/mol. The molecule has 0 aromatic rings. The van der Waals surface area contributed by atoms with Gasteiger partial charge in [0.05, 0.1) is 0 Å². The summed E-state index contributed by atoms with van der Waals surface area (Å²) in [7, 11) is 0. The molecule has 0 aromatic heterocycles. The van der Waals surface area contributed by atoms with Crippen LogP contribution in [0, 0.1) is 10.8 Å². The predicted molar refractivity (Wildman–Crippen MR) is 78.5 cm³/mol. The molecule has 1 N–H and O–H groups in total. The Morgan fingerprint density at radius 1 is 1.05 bits per heavy atom. The molecule has 0 aliphatic heterocycles. The normalized spacial score (nSPS) is 32.3. The summed E-state index contributed by atoms with van der Waals surface area (Å²) in [6.07, 6.45) is 1.06. The lowest BCUT2D eigenvalue weighted by atomic mass is 9.58. The van der Waals surface area contributed by atoms with E-state index in [4.69, 9.17) is 4.74 Å². The summed E-state index contributed by atoms with van der Waals surface area (Å²) in [4.78, 5) is 23.5. The molecule has 0 bridgehead atoms. The molecule has 1 aliphatic rings. The van der Waals surface area contributed by atoms with Crippen molar-refractivity contribution >= 4 is 12.1 Å². The highest BCUT2D eigenvalue weighted by molar-refractivity contribution is 5.73. The Morgan fingerprint density at radius 3 is 2.00 bits per heavy atom. The minimum Gasteiger partial charge on any atom is -0.550 e. The molecule has 2 atom stereocenters. The molecule has 0 radical (unpaired) electrons. The molecule has 1 rings (SSSR count). The second-order valence-corrected chi connectivity index (χ2v) is 8.73. The van der Waals surface area contributed by atoms with Crippen molar-refractivity contribution in [3.63, 3.8) is 0 Å². The molecule has 0 spiro atoms. The fourth-order valence-corrected chi connectivity index (χ4v) is 3.94. The van der Waals surface area contributed by atoms with Crippen LogP contribution in [0.2, 0.25) is 0 Å². The van der Waals surface area contributed by atoms with Gasteiger partial charge in [0.1, 0.15) is 5.60 Å². The average Bonchev–Trinajstić information content (AvgIpc) is 2.07. The largest absolute Gasteiger partial charge is 0.550 e. The van der Waals surface area contributed by atoms with E-state index in [1.54, 1.807) is 27.7 Å². The van der Waals surface area contributed by atoms with Crippen LogP contribution in [0.1, 0.15) is 67.7 Å². The first-order valence-corrected chi connectivity index (χ1v) is 7.39. The number of ether oxygens (including phenoxy) is 1. The second kappa shape index (κ2) is 5.18. The van der Waals surface area contributed by atoms with Crippen molar-refractivity contribution in [2.75, 3.05) is 0 Å². The second-order valence-electron chi connectivity index (χ2n) is 8.73. The molecule has 21 heavy (non-hydrogen) atoms. The van der Waals surface area contributed by atoms with E-state index in [-0.39, 0.29) is 5.41 Å². The molecule has 122 valence electrons. The average molecular weight is 298 g/mol. The summed E-state index contributed by atoms with van der Waals surface area (Å²) in [6.45, 7) is 13.0. The first kappa shape index (κ1) is 17.8. The van der Waals surface area contributed by atoms with Crippen molar-refractivity contribution < 1.29 is 19.4 Å². The van der Waals surface area contributed by atoms with Gasteiger partial charge in [-0.25, -0.2) is 4.79 Å². The SMILES string of the molecule is CC1(C)C[C@@](C)(NC(=O)OC(C)(C)C)C[C@](C)(C(=O)[O-])C1. The van der Waals surface area contributed by atoms with Crippen LogP contribution in [0.3, 0.4) is 0 Å². The summed E-state index contributed by atoms with van der Waals surface area (Å²) >= 11 is 0. The molecule has 5 nitrogen and oxygen atoms in total. The Morgan fingerprint density at radius 2 is 1.57 bits per heavy atom. The molecule has 0 aromatic carbocycles. The van der Waals surface area contributed by atoms with Crippen molar-refractivity contribution in [2.24, 2.45) is 10.8 Å². The van der Waals surface area contributed by atoms with Crippen LogP contribution >= 0.6 is 0 Å². The molecule has 1 amide bonds. The monoisotopic (exact) mass is 298 g/mol. The fraction of sp³-hybridized carbons (Fsp3) is 0.875. The summed E-state index contributed by atoms with van der Waals surface area (Å²) in [5.41, 5.74) is -2.36. The van der Waals surface area contributed by atoms with Gasteiger partial charge in [0.2, 0.25) is 0 Å². The topological polar surface area (TPSA) is 78.5 Å². The Bertz CT molecular complexity index is 438. The molecule has 0 heterocycles. The molecule has 1 aliphatic carbocycles. The van der Waals surface area contributed by atoms with Gasteiger partial charge in [-0.2, -0.15) is 0 Å². The lowest BCUT2D eigenvalue weighted by Crippen LogP contribution is -2.59. The van der Waals surface area contributed by atoms with Gasteiger partial charge in [-0.1, -0.05) is 20.8 Å². The summed E-state index contributed by atoms with van der Waals surface area (Å²) < 4.78 is 5.29. The van der Waals surface area contributed by atoms with E-state index >= 15 is 0 Å². The van der Waals surface area contributed by atoms with Crippen molar-refractivity contribution in [1.82, 2.24) is 5.32 Å². The van der Waals surface area contributed by atoms with Gasteiger partial charge in [-0.3, -0.25) is 0 Å². The number of carbonyl (C=O) groups is 2. The highest BCUT2D eigenvalue weighted by Crippen LogP contribution is 2.50. The Kier molecular flexibility index (Phi) is 4.39. The minimum atomic E-state index is -1.06. The Labute approximate surface area is 127 Å². The van der Waals surface area contributed by atoms with Crippen LogP contribution < -0.4 is 10.4 Å². The Hall–Kier alpha value is -1.26. The summed E-state index contributed by atoms with van der Waals surface area (Å²) in [5.74, 6) is -1.06. The maximum Gasteiger partial charge on any atom is 0.408 e. The van der Waals surface area contributed by atoms with Crippen molar-refractivity contribution in [3.8, 4) is 0 Å². The van der Waals surface area contributed by atoms with E-state index in [2.05, 4.69) is 5.32 Å². The van der Waals surface area contributed by atoms with E-state index in [1.807, 2.05) is 20.8 Å². The molecule has 5 heteroatoms. The highest BCUT2D eigenvalue weighted by Gasteiger charge is 2.48. The lowest BCUT2D eigenvalue weighted by molar-refractivity contribution is -0.322. The number of carboxylic acids is 1. The third-order valence-corrected chi connectivity index (χ3v) is 3.81. The third-order valence-electron chi connectivity index (χ3n) is 3.81. The van der Waals surface area contributed by atoms with Crippen LogP contribution in [0.5, 0.6) is 0 Å². The number of rotatable bonds is 2. The van der Waals surface area contributed by atoms with E-state index < -0.39 is 28.6 Å². The number of carbonyl (C=O) groups excluding carboxylic acids is 2. The van der Waals surface area contributed by atoms with E-state index in [0.29, 0.717) is 19.3 Å². The zero-order valence-electron chi connectivity index (χ0n) is 14.3. The number of carboxylic acid groups (broad SMARTS) is 1. The standard InChI is InChI=1S/C16H29NO4/c1-13(2,3)21-12(20)17-16(7)9-14(4,5)8-15(6,10-16)11(18)19/h8-10H2,1-7H3,(H,17,20)(H,18,19)/p-1/t15-,16-/m1/s1. The van der Waals surface area contributed by atoms with Gasteiger partial charge in [0, 0.05) is 16.9 Å². The quantitative estimate of drug-likeness (QED) is 0.848. The van der Waals surface area contributed by atoms with Gasteiger partial charge in [-0.05, 0) is 52.4 Å². The fourth-order valence-electron chi connectivity index (χ4n) is 3.94. The van der Waals surface area contributed by atoms with Gasteiger partial charge < -0.3 is 20.0 Å². The zero-order valence-corrected chi connectivity index (χ0v) is 14.3. The number of hydrogen-bond donors (Lipinski definition) is 1. The van der Waals surface area contributed by atoms with Gasteiger partial charge in [-0.15, -0.1) is 0 Å². The highest BCUT2D eigenvalue weighted by atomic mass is 16.6. The smallest absolute Gasteiger partial charge is 0.408 e. The van der Waals surface area contributed by atoms with Crippen LogP contribution in [0.15, 0.2) is 0 Å². The van der Waals surface area contributed by atoms with Crippen LogP contribution in [0.25, 0.3) is 0 Å².